The molecule has 0 fully saturated rings. The van der Waals surface area contributed by atoms with Crippen LogP contribution in [-0.2, 0) is 4.79 Å². The first-order chi connectivity index (χ1) is 8.04. The lowest BCUT2D eigenvalue weighted by atomic mass is 10.2. The summed E-state index contributed by atoms with van der Waals surface area (Å²) in [7, 11) is 1.66. The van der Waals surface area contributed by atoms with Gasteiger partial charge in [0.1, 0.15) is 0 Å². The first-order valence-electron chi connectivity index (χ1n) is 5.46. The van der Waals surface area contributed by atoms with Gasteiger partial charge in [-0.2, -0.15) is 0 Å². The molecule has 0 aliphatic carbocycles. The standard InChI is InChI=1S/C13H18N2O2/c1-10(9-16)15(2)13(17)7-6-11-4-3-5-12(14)8-11/h3-8,10,16H,9,14H2,1-2H3/b7-6+. The molecule has 1 aromatic rings. The zero-order chi connectivity index (χ0) is 12.8. The molecule has 0 radical (unpaired) electrons. The Morgan fingerprint density at radius 3 is 2.88 bits per heavy atom. The van der Waals surface area contributed by atoms with Gasteiger partial charge in [-0.05, 0) is 30.7 Å². The van der Waals surface area contributed by atoms with Gasteiger partial charge >= 0.3 is 0 Å². The smallest absolute Gasteiger partial charge is 0.246 e. The van der Waals surface area contributed by atoms with E-state index in [-0.39, 0.29) is 18.6 Å². The normalized spacial score (nSPS) is 12.6. The highest BCUT2D eigenvalue weighted by Crippen LogP contribution is 2.08. The van der Waals surface area contributed by atoms with Crippen molar-refractivity contribution in [3.8, 4) is 0 Å². The van der Waals surface area contributed by atoms with Gasteiger partial charge in [-0.1, -0.05) is 12.1 Å². The molecule has 3 N–H and O–H groups in total. The van der Waals surface area contributed by atoms with Crippen molar-refractivity contribution in [3.63, 3.8) is 0 Å². The van der Waals surface area contributed by atoms with Gasteiger partial charge in [0.05, 0.1) is 12.6 Å². The van der Waals surface area contributed by atoms with Crippen molar-refractivity contribution in [1.82, 2.24) is 4.90 Å². The molecule has 92 valence electrons. The van der Waals surface area contributed by atoms with Crippen LogP contribution in [0.1, 0.15) is 12.5 Å². The predicted octanol–water partition coefficient (Wildman–Crippen LogP) is 1.12. The van der Waals surface area contributed by atoms with Crippen molar-refractivity contribution in [2.24, 2.45) is 0 Å². The summed E-state index contributed by atoms with van der Waals surface area (Å²) in [6.07, 6.45) is 3.18. The van der Waals surface area contributed by atoms with Gasteiger partial charge in [-0.3, -0.25) is 4.79 Å². The fourth-order valence-corrected chi connectivity index (χ4v) is 1.29. The quantitative estimate of drug-likeness (QED) is 0.606. The number of amides is 1. The predicted molar refractivity (Wildman–Crippen MR) is 69.2 cm³/mol. The van der Waals surface area contributed by atoms with Crippen LogP contribution in [-0.4, -0.2) is 35.6 Å². The fraction of sp³-hybridized carbons (Fsp3) is 0.308. The zero-order valence-corrected chi connectivity index (χ0v) is 10.1. The Kier molecular flexibility index (Phi) is 4.72. The van der Waals surface area contributed by atoms with E-state index < -0.39 is 0 Å². The molecule has 1 aromatic carbocycles. The molecular weight excluding hydrogens is 216 g/mol. The number of hydrogen-bond donors (Lipinski definition) is 2. The average Bonchev–Trinajstić information content (AvgIpc) is 2.34. The molecule has 1 atom stereocenters. The van der Waals surface area contributed by atoms with Crippen LogP contribution in [0.2, 0.25) is 0 Å². The molecule has 0 saturated heterocycles. The lowest BCUT2D eigenvalue weighted by molar-refractivity contribution is -0.127. The highest BCUT2D eigenvalue weighted by Gasteiger charge is 2.11. The second-order valence-electron chi connectivity index (χ2n) is 3.98. The Balaban J connectivity index is 2.68. The molecule has 1 rings (SSSR count). The van der Waals surface area contributed by atoms with Gasteiger partial charge < -0.3 is 15.7 Å². The first-order valence-corrected chi connectivity index (χ1v) is 5.46. The number of anilines is 1. The monoisotopic (exact) mass is 234 g/mol. The van der Waals surface area contributed by atoms with Gasteiger partial charge in [0.15, 0.2) is 0 Å². The number of carbonyl (C=O) groups excluding carboxylic acids is 1. The van der Waals surface area contributed by atoms with Crippen molar-refractivity contribution in [3.05, 3.63) is 35.9 Å². The maximum absolute atomic E-state index is 11.7. The Labute approximate surface area is 101 Å². The summed E-state index contributed by atoms with van der Waals surface area (Å²) in [4.78, 5) is 13.2. The summed E-state index contributed by atoms with van der Waals surface area (Å²) in [6.45, 7) is 1.74. The van der Waals surface area contributed by atoms with E-state index in [0.717, 1.165) is 5.56 Å². The highest BCUT2D eigenvalue weighted by molar-refractivity contribution is 5.91. The minimum Gasteiger partial charge on any atom is -0.399 e. The third-order valence-electron chi connectivity index (χ3n) is 2.60. The van der Waals surface area contributed by atoms with Crippen LogP contribution in [0, 0.1) is 0 Å². The largest absolute Gasteiger partial charge is 0.399 e. The first kappa shape index (κ1) is 13.3. The third-order valence-corrected chi connectivity index (χ3v) is 2.60. The summed E-state index contributed by atoms with van der Waals surface area (Å²) < 4.78 is 0. The van der Waals surface area contributed by atoms with Gasteiger partial charge in [-0.15, -0.1) is 0 Å². The van der Waals surface area contributed by atoms with E-state index >= 15 is 0 Å². The van der Waals surface area contributed by atoms with E-state index in [2.05, 4.69) is 0 Å². The number of nitrogens with zero attached hydrogens (tertiary/aromatic N) is 1. The number of rotatable bonds is 4. The SMILES string of the molecule is CC(CO)N(C)C(=O)/C=C/c1cccc(N)c1. The number of hydrogen-bond acceptors (Lipinski definition) is 3. The number of nitrogen functional groups attached to an aromatic ring is 1. The second kappa shape index (κ2) is 6.06. The van der Waals surface area contributed by atoms with Crippen molar-refractivity contribution in [2.75, 3.05) is 19.4 Å². The van der Waals surface area contributed by atoms with Crippen molar-refractivity contribution < 1.29 is 9.90 Å². The molecule has 0 aliphatic heterocycles. The van der Waals surface area contributed by atoms with Gasteiger partial charge in [0, 0.05) is 18.8 Å². The zero-order valence-electron chi connectivity index (χ0n) is 10.1. The molecule has 0 spiro atoms. The Bertz CT molecular complexity index is 416. The van der Waals surface area contributed by atoms with Crippen LogP contribution < -0.4 is 5.73 Å². The number of aliphatic hydroxyl groups is 1. The lowest BCUT2D eigenvalue weighted by Gasteiger charge is -2.21. The Morgan fingerprint density at radius 2 is 2.29 bits per heavy atom. The van der Waals surface area contributed by atoms with Crippen LogP contribution >= 0.6 is 0 Å². The number of likely N-dealkylation sites (N-methyl/N-ethyl adjacent to an activating group) is 1. The van der Waals surface area contributed by atoms with Crippen molar-refractivity contribution in [2.45, 2.75) is 13.0 Å². The summed E-state index contributed by atoms with van der Waals surface area (Å²) in [5, 5.41) is 8.94. The van der Waals surface area contributed by atoms with Crippen LogP contribution in [0.3, 0.4) is 0 Å². The molecule has 0 aromatic heterocycles. The molecule has 17 heavy (non-hydrogen) atoms. The lowest BCUT2D eigenvalue weighted by Crippen LogP contribution is -2.36. The average molecular weight is 234 g/mol. The summed E-state index contributed by atoms with van der Waals surface area (Å²) in [5.74, 6) is -0.144. The maximum atomic E-state index is 11.7. The highest BCUT2D eigenvalue weighted by atomic mass is 16.3. The fourth-order valence-electron chi connectivity index (χ4n) is 1.29. The van der Waals surface area contributed by atoms with E-state index in [0.29, 0.717) is 5.69 Å². The maximum Gasteiger partial charge on any atom is 0.246 e. The Morgan fingerprint density at radius 1 is 1.59 bits per heavy atom. The number of benzene rings is 1. The summed E-state index contributed by atoms with van der Waals surface area (Å²) in [5.41, 5.74) is 7.17. The van der Waals surface area contributed by atoms with Crippen LogP contribution in [0.25, 0.3) is 6.08 Å². The molecule has 0 bridgehead atoms. The minimum absolute atomic E-state index is 0.0473. The molecule has 0 aliphatic rings. The summed E-state index contributed by atoms with van der Waals surface area (Å²) in [6, 6.07) is 7.10. The van der Waals surface area contributed by atoms with E-state index in [1.165, 1.54) is 11.0 Å². The third kappa shape index (κ3) is 3.92. The van der Waals surface area contributed by atoms with E-state index in [4.69, 9.17) is 10.8 Å². The Hall–Kier alpha value is -1.81. The van der Waals surface area contributed by atoms with Gasteiger partial charge in [0.2, 0.25) is 5.91 Å². The van der Waals surface area contributed by atoms with E-state index in [1.807, 2.05) is 12.1 Å². The summed E-state index contributed by atoms with van der Waals surface area (Å²) >= 11 is 0. The van der Waals surface area contributed by atoms with Crippen molar-refractivity contribution >= 4 is 17.7 Å². The molecular formula is C13H18N2O2. The molecule has 4 heteroatoms. The number of carbonyl (C=O) groups is 1. The van der Waals surface area contributed by atoms with E-state index in [1.54, 1.807) is 32.2 Å². The van der Waals surface area contributed by atoms with Gasteiger partial charge in [0.25, 0.3) is 0 Å². The molecule has 1 unspecified atom stereocenters. The minimum atomic E-state index is -0.187. The second-order valence-corrected chi connectivity index (χ2v) is 3.98. The number of nitrogens with two attached hydrogens (primary N) is 1. The van der Waals surface area contributed by atoms with Crippen LogP contribution in [0.4, 0.5) is 5.69 Å². The molecule has 4 nitrogen and oxygen atoms in total. The van der Waals surface area contributed by atoms with Crippen molar-refractivity contribution in [1.29, 1.82) is 0 Å². The number of aliphatic hydroxyl groups excluding tert-OH is 1. The van der Waals surface area contributed by atoms with Crippen LogP contribution in [0.5, 0.6) is 0 Å². The van der Waals surface area contributed by atoms with E-state index in [9.17, 15) is 4.79 Å². The van der Waals surface area contributed by atoms with Gasteiger partial charge in [-0.25, -0.2) is 0 Å². The molecule has 0 heterocycles. The molecule has 0 saturated carbocycles. The van der Waals surface area contributed by atoms with Crippen LogP contribution in [0.15, 0.2) is 30.3 Å². The topological polar surface area (TPSA) is 66.6 Å². The molecule has 1 amide bonds.